The van der Waals surface area contributed by atoms with Crippen LogP contribution in [0.4, 0.5) is 0 Å². The molecule has 23 heavy (non-hydrogen) atoms. The summed E-state index contributed by atoms with van der Waals surface area (Å²) in [6, 6.07) is 0. The number of hydrogen-bond donors (Lipinski definition) is 0. The van der Waals surface area contributed by atoms with Gasteiger partial charge in [-0.3, -0.25) is 9.59 Å². The van der Waals surface area contributed by atoms with E-state index < -0.39 is 0 Å². The molecule has 0 aliphatic carbocycles. The fourth-order valence-corrected chi connectivity index (χ4v) is 1.58. The molecular formula is C20H32O2Sc. The molecule has 0 bridgehead atoms. The molecular weight excluding hydrogens is 317 g/mol. The summed E-state index contributed by atoms with van der Waals surface area (Å²) >= 11 is 0. The minimum atomic E-state index is 0. The molecule has 0 N–H and O–H groups in total. The molecule has 0 fully saturated rings. The average molecular weight is 349 g/mol. The van der Waals surface area contributed by atoms with Crippen molar-refractivity contribution < 1.29 is 35.4 Å². The molecule has 0 saturated carbocycles. The summed E-state index contributed by atoms with van der Waals surface area (Å²) in [5.74, 6) is 0. The fraction of sp³-hybridized carbons (Fsp3) is 0.500. The second kappa shape index (κ2) is 19.2. The SMILES string of the molecule is CC(C)=CCC/C(C)=C\C=O.CC(C)=CCC/C(C)=C\C=O.[Sc]. The maximum atomic E-state index is 10.0. The van der Waals surface area contributed by atoms with Crippen LogP contribution >= 0.6 is 0 Å². The molecule has 0 aliphatic heterocycles. The van der Waals surface area contributed by atoms with E-state index in [9.17, 15) is 9.59 Å². The largest absolute Gasteiger partial charge is 0.299 e. The summed E-state index contributed by atoms with van der Waals surface area (Å²) in [6.45, 7) is 12.3. The third-order valence-electron chi connectivity index (χ3n) is 2.89. The van der Waals surface area contributed by atoms with Gasteiger partial charge >= 0.3 is 0 Å². The van der Waals surface area contributed by atoms with Gasteiger partial charge in [0.15, 0.2) is 0 Å². The van der Waals surface area contributed by atoms with Gasteiger partial charge in [0.05, 0.1) is 0 Å². The first kappa shape index (κ1) is 27.0. The molecule has 127 valence electrons. The van der Waals surface area contributed by atoms with Crippen LogP contribution < -0.4 is 0 Å². The fourth-order valence-electron chi connectivity index (χ4n) is 1.58. The van der Waals surface area contributed by atoms with Gasteiger partial charge in [-0.25, -0.2) is 0 Å². The first-order chi connectivity index (χ1) is 10.3. The normalized spacial score (nSPS) is 10.5. The van der Waals surface area contributed by atoms with E-state index >= 15 is 0 Å². The van der Waals surface area contributed by atoms with Gasteiger partial charge in [-0.15, -0.1) is 0 Å². The Balaban J connectivity index is -0.000000333. The molecule has 2 nitrogen and oxygen atoms in total. The average Bonchev–Trinajstić information content (AvgIpc) is 2.39. The predicted molar refractivity (Wildman–Crippen MR) is 97.0 cm³/mol. The third kappa shape index (κ3) is 26.4. The van der Waals surface area contributed by atoms with Gasteiger partial charge < -0.3 is 0 Å². The van der Waals surface area contributed by atoms with Crippen LogP contribution in [0.25, 0.3) is 0 Å². The second-order valence-corrected chi connectivity index (χ2v) is 5.94. The summed E-state index contributed by atoms with van der Waals surface area (Å²) in [5, 5.41) is 0. The van der Waals surface area contributed by atoms with Gasteiger partial charge in [0.25, 0.3) is 0 Å². The van der Waals surface area contributed by atoms with Crippen LogP contribution in [-0.2, 0) is 35.4 Å². The second-order valence-electron chi connectivity index (χ2n) is 5.94. The Hall–Kier alpha value is -0.830. The Morgan fingerprint density at radius 1 is 0.652 bits per heavy atom. The van der Waals surface area contributed by atoms with Crippen molar-refractivity contribution in [1.29, 1.82) is 0 Å². The van der Waals surface area contributed by atoms with Crippen LogP contribution in [-0.4, -0.2) is 12.6 Å². The van der Waals surface area contributed by atoms with E-state index in [1.165, 1.54) is 11.1 Å². The Morgan fingerprint density at radius 3 is 1.17 bits per heavy atom. The van der Waals surface area contributed by atoms with Crippen molar-refractivity contribution in [1.82, 2.24) is 0 Å². The summed E-state index contributed by atoms with van der Waals surface area (Å²) in [5.41, 5.74) is 4.97. The zero-order valence-corrected chi connectivity index (χ0v) is 17.5. The molecule has 0 saturated heterocycles. The topological polar surface area (TPSA) is 34.1 Å². The van der Waals surface area contributed by atoms with Crippen molar-refractivity contribution in [3.63, 3.8) is 0 Å². The first-order valence-corrected chi connectivity index (χ1v) is 7.82. The molecule has 0 heterocycles. The van der Waals surface area contributed by atoms with E-state index in [1.54, 1.807) is 12.2 Å². The minimum absolute atomic E-state index is 0. The zero-order chi connectivity index (χ0) is 17.4. The van der Waals surface area contributed by atoms with Gasteiger partial charge in [0.2, 0.25) is 0 Å². The van der Waals surface area contributed by atoms with Crippen molar-refractivity contribution in [3.05, 3.63) is 46.6 Å². The van der Waals surface area contributed by atoms with Crippen LogP contribution in [0.3, 0.4) is 0 Å². The quantitative estimate of drug-likeness (QED) is 0.317. The zero-order valence-electron chi connectivity index (χ0n) is 15.7. The number of allylic oxidation sites excluding steroid dienone is 8. The molecule has 1 radical (unpaired) electrons. The Morgan fingerprint density at radius 2 is 0.957 bits per heavy atom. The Kier molecular flexibility index (Phi) is 22.6. The first-order valence-electron chi connectivity index (χ1n) is 7.82. The van der Waals surface area contributed by atoms with E-state index in [2.05, 4.69) is 39.8 Å². The Bertz CT molecular complexity index is 391. The van der Waals surface area contributed by atoms with E-state index in [4.69, 9.17) is 0 Å². The molecule has 0 rings (SSSR count). The summed E-state index contributed by atoms with van der Waals surface area (Å²) in [6.07, 6.45) is 13.4. The van der Waals surface area contributed by atoms with Crippen LogP contribution in [0.1, 0.15) is 67.2 Å². The van der Waals surface area contributed by atoms with Gasteiger partial charge in [0, 0.05) is 25.8 Å². The predicted octanol–water partition coefficient (Wildman–Crippen LogP) is 5.75. The number of carbonyl (C=O) groups is 2. The third-order valence-corrected chi connectivity index (χ3v) is 2.89. The molecule has 0 aromatic carbocycles. The number of hydrogen-bond acceptors (Lipinski definition) is 2. The van der Waals surface area contributed by atoms with Crippen molar-refractivity contribution in [2.45, 2.75) is 67.2 Å². The van der Waals surface area contributed by atoms with Gasteiger partial charge in [-0.05, 0) is 79.4 Å². The summed E-state index contributed by atoms with van der Waals surface area (Å²) in [4.78, 5) is 20.0. The van der Waals surface area contributed by atoms with Gasteiger partial charge in [0.1, 0.15) is 12.6 Å². The molecule has 3 heteroatoms. The molecule has 0 spiro atoms. The van der Waals surface area contributed by atoms with Gasteiger partial charge in [-0.1, -0.05) is 34.4 Å². The summed E-state index contributed by atoms with van der Waals surface area (Å²) < 4.78 is 0. The van der Waals surface area contributed by atoms with Crippen LogP contribution in [0, 0.1) is 0 Å². The standard InChI is InChI=1S/2C10H16O.Sc/c2*1-9(2)5-4-6-10(3)7-8-11;/h2*5,7-8H,4,6H2,1-3H3;/b2*10-7-;. The van der Waals surface area contributed by atoms with Crippen LogP contribution in [0.15, 0.2) is 46.6 Å². The molecule has 0 atom stereocenters. The van der Waals surface area contributed by atoms with Crippen molar-refractivity contribution in [3.8, 4) is 0 Å². The van der Waals surface area contributed by atoms with E-state index in [-0.39, 0.29) is 25.8 Å². The molecule has 0 amide bonds. The number of carbonyl (C=O) groups excluding carboxylic acids is 2. The molecule has 0 aromatic rings. The van der Waals surface area contributed by atoms with Crippen molar-refractivity contribution in [2.24, 2.45) is 0 Å². The smallest absolute Gasteiger partial charge is 0.142 e. The van der Waals surface area contributed by atoms with E-state index in [0.717, 1.165) is 49.4 Å². The minimum Gasteiger partial charge on any atom is -0.299 e. The van der Waals surface area contributed by atoms with Crippen LogP contribution in [0.2, 0.25) is 0 Å². The number of aldehydes is 2. The monoisotopic (exact) mass is 349 g/mol. The number of rotatable bonds is 8. The molecule has 0 aromatic heterocycles. The van der Waals surface area contributed by atoms with Crippen LogP contribution in [0.5, 0.6) is 0 Å². The molecule has 0 unspecified atom stereocenters. The molecule has 0 aliphatic rings. The van der Waals surface area contributed by atoms with E-state index in [0.29, 0.717) is 0 Å². The maximum Gasteiger partial charge on any atom is 0.142 e. The maximum absolute atomic E-state index is 10.0. The van der Waals surface area contributed by atoms with Crippen molar-refractivity contribution >= 4 is 12.6 Å². The Labute approximate surface area is 161 Å². The van der Waals surface area contributed by atoms with Crippen molar-refractivity contribution in [2.75, 3.05) is 0 Å². The van der Waals surface area contributed by atoms with Gasteiger partial charge in [-0.2, -0.15) is 0 Å². The summed E-state index contributed by atoms with van der Waals surface area (Å²) in [7, 11) is 0. The van der Waals surface area contributed by atoms with E-state index in [1.807, 2.05) is 13.8 Å².